The summed E-state index contributed by atoms with van der Waals surface area (Å²) >= 11 is 0. The van der Waals surface area contributed by atoms with Crippen LogP contribution in [0.25, 0.3) is 0 Å². The van der Waals surface area contributed by atoms with Crippen LogP contribution in [0.5, 0.6) is 0 Å². The molecule has 3 aliphatic heterocycles. The molecular weight excluding hydrogens is 536 g/mol. The maximum absolute atomic E-state index is 13.2. The molecule has 0 aromatic carbocycles. The predicted octanol–water partition coefficient (Wildman–Crippen LogP) is 6.12. The molecule has 8 heteroatoms. The fraction of sp³-hybridized carbons (Fsp3) is 0.618. The fourth-order valence-corrected chi connectivity index (χ4v) is 5.75. The van der Waals surface area contributed by atoms with Gasteiger partial charge in [0.2, 0.25) is 0 Å². The van der Waals surface area contributed by atoms with Gasteiger partial charge in [0.15, 0.2) is 0 Å². The summed E-state index contributed by atoms with van der Waals surface area (Å²) in [4.78, 5) is 36.7. The Balaban J connectivity index is 1.80. The summed E-state index contributed by atoms with van der Waals surface area (Å²) in [6, 6.07) is 0. The second kappa shape index (κ2) is 17.2. The molecule has 0 N–H and O–H groups in total. The molecule has 2 fully saturated rings. The van der Waals surface area contributed by atoms with Crippen LogP contribution in [-0.2, 0) is 38.1 Å². The average Bonchev–Trinajstić information content (AvgIpc) is 2.94. The van der Waals surface area contributed by atoms with E-state index >= 15 is 0 Å². The van der Waals surface area contributed by atoms with Gasteiger partial charge < -0.3 is 23.7 Å². The number of fused-ring (bicyclic) bond motifs is 4. The van der Waals surface area contributed by atoms with Crippen molar-refractivity contribution in [3.63, 3.8) is 0 Å². The number of methoxy groups -OCH3 is 2. The van der Waals surface area contributed by atoms with Crippen molar-refractivity contribution in [2.24, 2.45) is 11.8 Å². The molecule has 42 heavy (non-hydrogen) atoms. The summed E-state index contributed by atoms with van der Waals surface area (Å²) in [5.74, 6) is -0.764. The number of ether oxygens (including phenoxy) is 5. The largest absolute Gasteiger partial charge is 0.469 e. The Hall–Kier alpha value is -2.97. The van der Waals surface area contributed by atoms with Crippen molar-refractivity contribution in [1.82, 2.24) is 0 Å². The maximum atomic E-state index is 13.2. The van der Waals surface area contributed by atoms with Gasteiger partial charge in [-0.1, -0.05) is 61.4 Å². The minimum absolute atomic E-state index is 0.0552. The Labute approximate surface area is 250 Å². The Morgan fingerprint density at radius 3 is 2.36 bits per heavy atom. The topological polar surface area (TPSA) is 97.4 Å². The summed E-state index contributed by atoms with van der Waals surface area (Å²) in [6.45, 7) is 6.10. The first-order valence-corrected chi connectivity index (χ1v) is 15.2. The average molecular weight is 585 g/mol. The van der Waals surface area contributed by atoms with Crippen LogP contribution >= 0.6 is 0 Å². The fourth-order valence-electron chi connectivity index (χ4n) is 5.75. The van der Waals surface area contributed by atoms with Crippen molar-refractivity contribution in [2.75, 3.05) is 14.2 Å². The highest BCUT2D eigenvalue weighted by Crippen LogP contribution is 2.33. The lowest BCUT2D eigenvalue weighted by Crippen LogP contribution is -2.37. The number of carbonyl (C=O) groups excluding carboxylic acids is 3. The number of carbonyl (C=O) groups is 3. The SMILES string of the molecule is COC(=O)/C=C1/C[C@H]2CC(=O)O[C@@H](/C=C/C=C\C=C(/C)CC(=O)OC)[C@@H](C)/C=C/[C@H](C)C[C@H]3CCC[C@H](C[C@@H](C1)O2)O3. The van der Waals surface area contributed by atoms with Gasteiger partial charge in [-0.15, -0.1) is 0 Å². The summed E-state index contributed by atoms with van der Waals surface area (Å²) < 4.78 is 28.5. The van der Waals surface area contributed by atoms with Gasteiger partial charge in [-0.2, -0.15) is 0 Å². The van der Waals surface area contributed by atoms with Gasteiger partial charge in [0, 0.05) is 18.4 Å². The first-order chi connectivity index (χ1) is 20.1. The van der Waals surface area contributed by atoms with E-state index in [0.717, 1.165) is 43.3 Å². The van der Waals surface area contributed by atoms with E-state index in [1.807, 2.05) is 44.2 Å². The number of rotatable bonds is 6. The van der Waals surface area contributed by atoms with Gasteiger partial charge >= 0.3 is 17.9 Å². The lowest BCUT2D eigenvalue weighted by atomic mass is 9.89. The van der Waals surface area contributed by atoms with E-state index in [0.29, 0.717) is 18.8 Å². The predicted molar refractivity (Wildman–Crippen MR) is 160 cm³/mol. The Kier molecular flexibility index (Phi) is 13.7. The van der Waals surface area contributed by atoms with Crippen LogP contribution in [0.2, 0.25) is 0 Å². The van der Waals surface area contributed by atoms with Crippen molar-refractivity contribution < 1.29 is 38.1 Å². The van der Waals surface area contributed by atoms with Crippen molar-refractivity contribution in [1.29, 1.82) is 0 Å². The zero-order valence-electron chi connectivity index (χ0n) is 25.8. The molecule has 8 nitrogen and oxygen atoms in total. The lowest BCUT2D eigenvalue weighted by molar-refractivity contribution is -0.154. The summed E-state index contributed by atoms with van der Waals surface area (Å²) in [7, 11) is 2.74. The van der Waals surface area contributed by atoms with Crippen LogP contribution < -0.4 is 0 Å². The number of cyclic esters (lactones) is 1. The number of hydrogen-bond donors (Lipinski definition) is 0. The second-order valence-corrected chi connectivity index (χ2v) is 11.8. The molecule has 3 aliphatic rings. The minimum atomic E-state index is -0.474. The van der Waals surface area contributed by atoms with Crippen LogP contribution in [0, 0.1) is 11.8 Å². The van der Waals surface area contributed by atoms with E-state index in [9.17, 15) is 14.4 Å². The second-order valence-electron chi connectivity index (χ2n) is 11.8. The molecular formula is C34H48O8. The van der Waals surface area contributed by atoms with E-state index in [-0.39, 0.29) is 49.0 Å². The van der Waals surface area contributed by atoms with Crippen LogP contribution in [0.1, 0.15) is 78.6 Å². The van der Waals surface area contributed by atoms with Crippen LogP contribution in [0.4, 0.5) is 0 Å². The molecule has 4 bridgehead atoms. The molecule has 0 radical (unpaired) electrons. The zero-order valence-corrected chi connectivity index (χ0v) is 25.8. The quantitative estimate of drug-likeness (QED) is 0.121. The maximum Gasteiger partial charge on any atom is 0.330 e. The van der Waals surface area contributed by atoms with Gasteiger partial charge in [0.25, 0.3) is 0 Å². The molecule has 0 aromatic heterocycles. The monoisotopic (exact) mass is 584 g/mol. The van der Waals surface area contributed by atoms with Gasteiger partial charge in [0.05, 0.1) is 51.5 Å². The summed E-state index contributed by atoms with van der Waals surface area (Å²) in [6.07, 6.45) is 20.7. The van der Waals surface area contributed by atoms with Crippen LogP contribution in [0.15, 0.2) is 59.8 Å². The molecule has 0 spiro atoms. The van der Waals surface area contributed by atoms with E-state index in [4.69, 9.17) is 23.7 Å². The van der Waals surface area contributed by atoms with Crippen molar-refractivity contribution >= 4 is 17.9 Å². The smallest absolute Gasteiger partial charge is 0.330 e. The highest BCUT2D eigenvalue weighted by Gasteiger charge is 2.33. The first-order valence-electron chi connectivity index (χ1n) is 15.2. The zero-order chi connectivity index (χ0) is 30.5. The summed E-state index contributed by atoms with van der Waals surface area (Å²) in [5, 5.41) is 0. The third kappa shape index (κ3) is 11.7. The number of esters is 3. The molecule has 3 heterocycles. The summed E-state index contributed by atoms with van der Waals surface area (Å²) in [5.41, 5.74) is 1.80. The molecule has 0 aromatic rings. The molecule has 3 rings (SSSR count). The number of hydrogen-bond acceptors (Lipinski definition) is 8. The van der Waals surface area contributed by atoms with Gasteiger partial charge in [0.1, 0.15) is 6.10 Å². The minimum Gasteiger partial charge on any atom is -0.469 e. The molecule has 2 saturated heterocycles. The first kappa shape index (κ1) is 33.5. The molecule has 232 valence electrons. The van der Waals surface area contributed by atoms with Crippen molar-refractivity contribution in [2.45, 2.75) is 109 Å². The Bertz CT molecular complexity index is 1070. The number of allylic oxidation sites excluding steroid dienone is 5. The van der Waals surface area contributed by atoms with E-state index < -0.39 is 18.2 Å². The highest BCUT2D eigenvalue weighted by molar-refractivity contribution is 5.82. The van der Waals surface area contributed by atoms with Gasteiger partial charge in [-0.05, 0) is 57.4 Å². The van der Waals surface area contributed by atoms with Gasteiger partial charge in [-0.25, -0.2) is 4.79 Å². The van der Waals surface area contributed by atoms with E-state index in [1.54, 1.807) is 0 Å². The van der Waals surface area contributed by atoms with Crippen molar-refractivity contribution in [3.05, 3.63) is 59.8 Å². The molecule has 7 atom stereocenters. The third-order valence-electron chi connectivity index (χ3n) is 7.96. The van der Waals surface area contributed by atoms with Crippen LogP contribution in [-0.4, -0.2) is 62.6 Å². The third-order valence-corrected chi connectivity index (χ3v) is 7.96. The van der Waals surface area contributed by atoms with Crippen molar-refractivity contribution in [3.8, 4) is 0 Å². The molecule has 0 unspecified atom stereocenters. The van der Waals surface area contributed by atoms with E-state index in [2.05, 4.69) is 19.1 Å². The highest BCUT2D eigenvalue weighted by atomic mass is 16.6. The molecule has 0 aliphatic carbocycles. The lowest BCUT2D eigenvalue weighted by Gasteiger charge is -2.37. The Morgan fingerprint density at radius 2 is 1.62 bits per heavy atom. The van der Waals surface area contributed by atoms with Crippen LogP contribution in [0.3, 0.4) is 0 Å². The molecule has 0 saturated carbocycles. The normalized spacial score (nSPS) is 33.4. The standard InChI is InChI=1S/C34H48O8/c1-23(17-32(35)38-4)10-7-6-8-13-31-25(3)15-14-24(2)16-27-11-9-12-28(40-27)21-29-18-26(20-33(36)39-5)19-30(41-29)22-34(37)42-31/h6-8,10,13-15,20,24-25,27-31H,9,11-12,16-19,21-22H2,1-5H3/b7-6-,13-8+,15-14+,23-10+,26-20+/t24-,25-,27+,28+,29+,30-,31-/m0/s1. The Morgan fingerprint density at radius 1 is 0.905 bits per heavy atom. The molecule has 0 amide bonds. The van der Waals surface area contributed by atoms with Gasteiger partial charge in [-0.3, -0.25) is 9.59 Å². The van der Waals surface area contributed by atoms with E-state index in [1.165, 1.54) is 20.3 Å².